The second-order valence-corrected chi connectivity index (χ2v) is 8.52. The van der Waals surface area contributed by atoms with E-state index in [2.05, 4.69) is 34.8 Å². The van der Waals surface area contributed by atoms with Gasteiger partial charge in [0.15, 0.2) is 5.96 Å². The van der Waals surface area contributed by atoms with E-state index in [-0.39, 0.29) is 41.2 Å². The minimum absolute atomic E-state index is 0. The first kappa shape index (κ1) is 27.9. The number of halogens is 1. The van der Waals surface area contributed by atoms with E-state index in [4.69, 9.17) is 0 Å². The number of piperidine rings is 1. The monoisotopic (exact) mass is 523 g/mol. The highest BCUT2D eigenvalue weighted by Gasteiger charge is 2.26. The fourth-order valence-corrected chi connectivity index (χ4v) is 3.26. The first-order valence-corrected chi connectivity index (χ1v) is 10.8. The van der Waals surface area contributed by atoms with Crippen molar-refractivity contribution in [3.05, 3.63) is 0 Å². The molecule has 0 aromatic heterocycles. The van der Waals surface area contributed by atoms with Gasteiger partial charge in [0.1, 0.15) is 0 Å². The normalized spacial score (nSPS) is 15.7. The van der Waals surface area contributed by atoms with Gasteiger partial charge in [0.2, 0.25) is 11.8 Å². The number of carbonyl (C=O) groups excluding carboxylic acids is 2. The zero-order valence-corrected chi connectivity index (χ0v) is 21.5. The van der Waals surface area contributed by atoms with E-state index in [0.29, 0.717) is 25.0 Å². The maximum Gasteiger partial charge on any atom is 0.225 e. The molecule has 0 unspecified atom stereocenters. The third kappa shape index (κ3) is 10.00. The molecule has 0 aromatic rings. The van der Waals surface area contributed by atoms with Crippen LogP contribution in [0.25, 0.3) is 0 Å². The number of nitrogens with one attached hydrogen (secondary N) is 3. The second kappa shape index (κ2) is 14.0. The Hall–Kier alpha value is -1.06. The summed E-state index contributed by atoms with van der Waals surface area (Å²) < 4.78 is 0. The van der Waals surface area contributed by atoms with Crippen LogP contribution in [0.1, 0.15) is 67.2 Å². The van der Waals surface area contributed by atoms with Gasteiger partial charge >= 0.3 is 0 Å². The SMILES string of the molecule is CCNC(=NCCNC(=O)C(C)(C)C)NC1CCN(C(=O)C(CC)CC)CC1.I. The Bertz CT molecular complexity index is 522. The van der Waals surface area contributed by atoms with Crippen LogP contribution < -0.4 is 16.0 Å². The summed E-state index contributed by atoms with van der Waals surface area (Å²) in [5.41, 5.74) is -0.383. The number of rotatable bonds is 8. The summed E-state index contributed by atoms with van der Waals surface area (Å²) in [6, 6.07) is 0.313. The molecule has 0 aromatic carbocycles. The molecule has 1 saturated heterocycles. The molecule has 1 heterocycles. The van der Waals surface area contributed by atoms with E-state index >= 15 is 0 Å². The van der Waals surface area contributed by atoms with Crippen molar-refractivity contribution in [2.24, 2.45) is 16.3 Å². The Balaban J connectivity index is 0.00000784. The molecule has 0 saturated carbocycles. The molecule has 0 spiro atoms. The molecule has 2 amide bonds. The predicted octanol–water partition coefficient (Wildman–Crippen LogP) is 2.75. The van der Waals surface area contributed by atoms with Gasteiger partial charge in [-0.05, 0) is 32.6 Å². The summed E-state index contributed by atoms with van der Waals surface area (Å²) in [6.45, 7) is 15.3. The minimum Gasteiger partial charge on any atom is -0.357 e. The summed E-state index contributed by atoms with van der Waals surface area (Å²) in [5, 5.41) is 9.66. The molecule has 0 bridgehead atoms. The molecule has 7 nitrogen and oxygen atoms in total. The summed E-state index contributed by atoms with van der Waals surface area (Å²) in [4.78, 5) is 31.0. The van der Waals surface area contributed by atoms with E-state index in [9.17, 15) is 9.59 Å². The highest BCUT2D eigenvalue weighted by Crippen LogP contribution is 2.17. The quantitative estimate of drug-likeness (QED) is 0.198. The molecule has 1 rings (SSSR count). The van der Waals surface area contributed by atoms with Crippen molar-refractivity contribution in [1.82, 2.24) is 20.9 Å². The van der Waals surface area contributed by atoms with Crippen molar-refractivity contribution >= 4 is 41.8 Å². The molecule has 0 atom stereocenters. The van der Waals surface area contributed by atoms with Crippen LogP contribution in [0.4, 0.5) is 0 Å². The van der Waals surface area contributed by atoms with Gasteiger partial charge in [0.25, 0.3) is 0 Å². The lowest BCUT2D eigenvalue weighted by Gasteiger charge is -2.34. The molecule has 170 valence electrons. The smallest absolute Gasteiger partial charge is 0.225 e. The highest BCUT2D eigenvalue weighted by molar-refractivity contribution is 14.0. The van der Waals surface area contributed by atoms with E-state index in [1.807, 2.05) is 32.6 Å². The van der Waals surface area contributed by atoms with Crippen molar-refractivity contribution in [3.8, 4) is 0 Å². The predicted molar refractivity (Wildman–Crippen MR) is 131 cm³/mol. The standard InChI is InChI=1S/C21H41N5O2.HI/c1-7-16(8-2)18(27)26-14-10-17(11-15-26)25-20(22-9-3)24-13-12-23-19(28)21(4,5)6;/h16-17H,7-15H2,1-6H3,(H,23,28)(H2,22,24,25);1H. The lowest BCUT2D eigenvalue weighted by Crippen LogP contribution is -2.50. The summed E-state index contributed by atoms with van der Waals surface area (Å²) >= 11 is 0. The lowest BCUT2D eigenvalue weighted by molar-refractivity contribution is -0.136. The van der Waals surface area contributed by atoms with Crippen LogP contribution in [0.5, 0.6) is 0 Å². The zero-order chi connectivity index (χ0) is 21.2. The number of hydrogen-bond donors (Lipinski definition) is 3. The fraction of sp³-hybridized carbons (Fsp3) is 0.857. The molecule has 1 aliphatic heterocycles. The summed E-state index contributed by atoms with van der Waals surface area (Å²) in [6.07, 6.45) is 3.68. The molecule has 1 fully saturated rings. The molecule has 3 N–H and O–H groups in total. The molecule has 29 heavy (non-hydrogen) atoms. The number of nitrogens with zero attached hydrogens (tertiary/aromatic N) is 2. The van der Waals surface area contributed by atoms with Crippen molar-refractivity contribution < 1.29 is 9.59 Å². The molecular weight excluding hydrogens is 481 g/mol. The second-order valence-electron chi connectivity index (χ2n) is 8.52. The average Bonchev–Trinajstić information content (AvgIpc) is 2.65. The first-order chi connectivity index (χ1) is 13.2. The first-order valence-electron chi connectivity index (χ1n) is 10.8. The van der Waals surface area contributed by atoms with E-state index < -0.39 is 0 Å². The van der Waals surface area contributed by atoms with Crippen molar-refractivity contribution in [2.45, 2.75) is 73.3 Å². The third-order valence-corrected chi connectivity index (χ3v) is 5.17. The van der Waals surface area contributed by atoms with Crippen LogP contribution in [0.3, 0.4) is 0 Å². The van der Waals surface area contributed by atoms with Crippen LogP contribution in [0.15, 0.2) is 4.99 Å². The minimum atomic E-state index is -0.383. The number of guanidine groups is 1. The topological polar surface area (TPSA) is 85.8 Å². The van der Waals surface area contributed by atoms with Gasteiger partial charge in [0.05, 0.1) is 6.54 Å². The molecular formula is C21H42IN5O2. The Kier molecular flexibility index (Phi) is 13.5. The zero-order valence-electron chi connectivity index (χ0n) is 19.1. The van der Waals surface area contributed by atoms with Gasteiger partial charge in [-0.25, -0.2) is 0 Å². The number of amides is 2. The van der Waals surface area contributed by atoms with E-state index in [1.165, 1.54) is 0 Å². The lowest BCUT2D eigenvalue weighted by atomic mass is 9.96. The Morgan fingerprint density at radius 1 is 1.07 bits per heavy atom. The van der Waals surface area contributed by atoms with Crippen LogP contribution in [0.2, 0.25) is 0 Å². The van der Waals surface area contributed by atoms with Crippen LogP contribution >= 0.6 is 24.0 Å². The number of carbonyl (C=O) groups is 2. The maximum absolute atomic E-state index is 12.5. The van der Waals surface area contributed by atoms with E-state index in [1.54, 1.807) is 0 Å². The number of aliphatic imine (C=N–C) groups is 1. The van der Waals surface area contributed by atoms with Gasteiger partial charge in [0, 0.05) is 43.6 Å². The largest absolute Gasteiger partial charge is 0.357 e. The number of hydrogen-bond acceptors (Lipinski definition) is 3. The Morgan fingerprint density at radius 2 is 1.66 bits per heavy atom. The van der Waals surface area contributed by atoms with Crippen molar-refractivity contribution in [1.29, 1.82) is 0 Å². The van der Waals surface area contributed by atoms with Gasteiger partial charge in [-0.15, -0.1) is 24.0 Å². The molecule has 0 aliphatic carbocycles. The molecule has 8 heteroatoms. The average molecular weight is 524 g/mol. The molecule has 0 radical (unpaired) electrons. The van der Waals surface area contributed by atoms with Crippen LogP contribution in [-0.4, -0.2) is 61.4 Å². The Morgan fingerprint density at radius 3 is 2.14 bits per heavy atom. The molecule has 1 aliphatic rings. The van der Waals surface area contributed by atoms with Gasteiger partial charge in [-0.3, -0.25) is 14.6 Å². The fourth-order valence-electron chi connectivity index (χ4n) is 3.26. The van der Waals surface area contributed by atoms with Crippen molar-refractivity contribution in [3.63, 3.8) is 0 Å². The maximum atomic E-state index is 12.5. The summed E-state index contributed by atoms with van der Waals surface area (Å²) in [5.74, 6) is 1.28. The van der Waals surface area contributed by atoms with Crippen LogP contribution in [0, 0.1) is 11.3 Å². The number of likely N-dealkylation sites (tertiary alicyclic amines) is 1. The van der Waals surface area contributed by atoms with E-state index in [0.717, 1.165) is 51.3 Å². The highest BCUT2D eigenvalue weighted by atomic mass is 127. The van der Waals surface area contributed by atoms with Crippen molar-refractivity contribution in [2.75, 3.05) is 32.7 Å². The third-order valence-electron chi connectivity index (χ3n) is 5.17. The van der Waals surface area contributed by atoms with Gasteiger partial charge in [-0.1, -0.05) is 34.6 Å². The van der Waals surface area contributed by atoms with Gasteiger partial charge in [-0.2, -0.15) is 0 Å². The Labute approximate surface area is 194 Å². The van der Waals surface area contributed by atoms with Gasteiger partial charge < -0.3 is 20.9 Å². The summed E-state index contributed by atoms with van der Waals surface area (Å²) in [7, 11) is 0. The van der Waals surface area contributed by atoms with Crippen LogP contribution in [-0.2, 0) is 9.59 Å².